The number of carbonyl (C=O) groups is 2. The van der Waals surface area contributed by atoms with E-state index >= 15 is 0 Å². The van der Waals surface area contributed by atoms with E-state index in [1.807, 2.05) is 0 Å². The summed E-state index contributed by atoms with van der Waals surface area (Å²) >= 11 is 2.33. The third-order valence-corrected chi connectivity index (χ3v) is 4.50. The molecule has 1 unspecified atom stereocenters. The van der Waals surface area contributed by atoms with Crippen molar-refractivity contribution in [2.45, 2.75) is 19.9 Å². The average Bonchev–Trinajstić information content (AvgIpc) is 2.96. The number of hydrogen-bond acceptors (Lipinski definition) is 6. The topological polar surface area (TPSA) is 92.2 Å². The zero-order valence-corrected chi connectivity index (χ0v) is 11.8. The van der Waals surface area contributed by atoms with E-state index in [9.17, 15) is 9.59 Å². The van der Waals surface area contributed by atoms with Crippen LogP contribution in [0.25, 0.3) is 0 Å². The lowest BCUT2D eigenvalue weighted by Crippen LogP contribution is -2.26. The van der Waals surface area contributed by atoms with Crippen LogP contribution in [0.2, 0.25) is 0 Å². The number of amides is 1. The second kappa shape index (κ2) is 5.45. The fourth-order valence-electron chi connectivity index (χ4n) is 1.43. The van der Waals surface area contributed by atoms with Gasteiger partial charge in [0.25, 0.3) is 5.91 Å². The molecule has 1 atom stereocenters. The summed E-state index contributed by atoms with van der Waals surface area (Å²) in [5.41, 5.74) is 2.29. The number of nitrogens with one attached hydrogen (secondary N) is 1. The van der Waals surface area contributed by atoms with Gasteiger partial charge in [0, 0.05) is 0 Å². The Labute approximate surface area is 117 Å². The second-order valence-electron chi connectivity index (χ2n) is 3.83. The van der Waals surface area contributed by atoms with Crippen LogP contribution < -0.4 is 5.32 Å². The van der Waals surface area contributed by atoms with Gasteiger partial charge in [0.05, 0.1) is 23.4 Å². The van der Waals surface area contributed by atoms with Crippen LogP contribution in [-0.2, 0) is 0 Å². The summed E-state index contributed by atoms with van der Waals surface area (Å²) in [5, 5.41) is 12.2. The van der Waals surface area contributed by atoms with Crippen molar-refractivity contribution in [3.05, 3.63) is 32.2 Å². The van der Waals surface area contributed by atoms with Gasteiger partial charge in [0.2, 0.25) is 0 Å². The Balaban J connectivity index is 2.08. The summed E-state index contributed by atoms with van der Waals surface area (Å²) in [7, 11) is 0. The van der Waals surface area contributed by atoms with Crippen molar-refractivity contribution in [3.8, 4) is 0 Å². The lowest BCUT2D eigenvalue weighted by molar-refractivity contribution is 0.0701. The van der Waals surface area contributed by atoms with Crippen LogP contribution in [0.3, 0.4) is 0 Å². The summed E-state index contributed by atoms with van der Waals surface area (Å²) in [6, 6.07) is -0.341. The molecular formula is C11H11N3O3S2. The molecule has 0 saturated carbocycles. The molecule has 0 bridgehead atoms. The molecule has 8 heteroatoms. The summed E-state index contributed by atoms with van der Waals surface area (Å²) in [6.07, 6.45) is 1.29. The number of carboxylic acid groups (broad SMARTS) is 1. The minimum Gasteiger partial charge on any atom is -0.477 e. The lowest BCUT2D eigenvalue weighted by atomic mass is 10.3. The minimum absolute atomic E-state index is 0.157. The predicted molar refractivity (Wildman–Crippen MR) is 71.8 cm³/mol. The van der Waals surface area contributed by atoms with Gasteiger partial charge in [0.15, 0.2) is 0 Å². The largest absolute Gasteiger partial charge is 0.477 e. The third-order valence-electron chi connectivity index (χ3n) is 2.40. The smallest absolute Gasteiger partial charge is 0.347 e. The normalized spacial score (nSPS) is 12.1. The van der Waals surface area contributed by atoms with Crippen LogP contribution in [-0.4, -0.2) is 27.0 Å². The molecule has 2 heterocycles. The van der Waals surface area contributed by atoms with E-state index in [0.29, 0.717) is 15.6 Å². The number of hydrogen-bond donors (Lipinski definition) is 2. The number of nitrogens with zero attached hydrogens (tertiary/aromatic N) is 2. The van der Waals surface area contributed by atoms with Crippen molar-refractivity contribution >= 4 is 34.6 Å². The Bertz CT molecular complexity index is 620. The van der Waals surface area contributed by atoms with E-state index in [1.54, 1.807) is 19.4 Å². The molecule has 2 rings (SSSR count). The molecule has 19 heavy (non-hydrogen) atoms. The van der Waals surface area contributed by atoms with Crippen molar-refractivity contribution in [1.82, 2.24) is 15.3 Å². The molecule has 0 aliphatic rings. The molecule has 2 aromatic heterocycles. The van der Waals surface area contributed by atoms with Gasteiger partial charge in [-0.1, -0.05) is 0 Å². The van der Waals surface area contributed by atoms with E-state index in [2.05, 4.69) is 15.3 Å². The number of aromatic nitrogens is 2. The molecule has 0 aromatic carbocycles. The summed E-state index contributed by atoms with van der Waals surface area (Å²) in [6.45, 7) is 3.53. The average molecular weight is 297 g/mol. The fraction of sp³-hybridized carbons (Fsp3) is 0.273. The zero-order valence-electron chi connectivity index (χ0n) is 10.2. The maximum Gasteiger partial charge on any atom is 0.347 e. The Kier molecular flexibility index (Phi) is 3.91. The Morgan fingerprint density at radius 3 is 2.68 bits per heavy atom. The molecule has 0 spiro atoms. The van der Waals surface area contributed by atoms with Crippen molar-refractivity contribution < 1.29 is 14.7 Å². The van der Waals surface area contributed by atoms with Gasteiger partial charge in [0.1, 0.15) is 14.8 Å². The fourth-order valence-corrected chi connectivity index (χ4v) is 2.90. The van der Waals surface area contributed by atoms with Gasteiger partial charge in [-0.25, -0.2) is 14.8 Å². The standard InChI is InChI=1S/C11H11N3O3S2/c1-5-8(18-4-13-5)9(15)14-6(2)10-12-3-7(19-10)11(16)17/h3-4,6H,1-2H3,(H,14,15)(H,16,17). The lowest BCUT2D eigenvalue weighted by Gasteiger charge is -2.10. The van der Waals surface area contributed by atoms with Crippen molar-refractivity contribution in [2.24, 2.45) is 0 Å². The number of carbonyl (C=O) groups excluding carboxylic acids is 1. The molecule has 1 amide bonds. The van der Waals surface area contributed by atoms with Gasteiger partial charge in [-0.15, -0.1) is 22.7 Å². The Hall–Kier alpha value is -1.80. The summed E-state index contributed by atoms with van der Waals surface area (Å²) < 4.78 is 0. The SMILES string of the molecule is Cc1ncsc1C(=O)NC(C)c1ncc(C(=O)O)s1. The van der Waals surface area contributed by atoms with Gasteiger partial charge in [-0.05, 0) is 13.8 Å². The quantitative estimate of drug-likeness (QED) is 0.901. The number of rotatable bonds is 4. The van der Waals surface area contributed by atoms with Crippen molar-refractivity contribution in [3.63, 3.8) is 0 Å². The first-order valence-corrected chi connectivity index (χ1v) is 7.08. The van der Waals surface area contributed by atoms with Crippen LogP contribution in [0.15, 0.2) is 11.7 Å². The van der Waals surface area contributed by atoms with E-state index in [0.717, 1.165) is 11.3 Å². The molecule has 0 fully saturated rings. The van der Waals surface area contributed by atoms with Gasteiger partial charge >= 0.3 is 5.97 Å². The highest BCUT2D eigenvalue weighted by atomic mass is 32.1. The molecule has 0 aliphatic carbocycles. The molecule has 0 aliphatic heterocycles. The van der Waals surface area contributed by atoms with Crippen LogP contribution >= 0.6 is 22.7 Å². The minimum atomic E-state index is -1.01. The number of carboxylic acids is 1. The molecule has 6 nitrogen and oxygen atoms in total. The van der Waals surface area contributed by atoms with E-state index in [4.69, 9.17) is 5.11 Å². The van der Waals surface area contributed by atoms with Gasteiger partial charge in [-0.3, -0.25) is 4.79 Å². The van der Waals surface area contributed by atoms with Gasteiger partial charge < -0.3 is 10.4 Å². The molecule has 2 aromatic rings. The monoisotopic (exact) mass is 297 g/mol. The maximum absolute atomic E-state index is 12.0. The van der Waals surface area contributed by atoms with E-state index in [-0.39, 0.29) is 16.8 Å². The Morgan fingerprint density at radius 2 is 2.16 bits per heavy atom. The van der Waals surface area contributed by atoms with Crippen LogP contribution in [0, 0.1) is 6.92 Å². The number of thiazole rings is 2. The van der Waals surface area contributed by atoms with Crippen molar-refractivity contribution in [1.29, 1.82) is 0 Å². The van der Waals surface area contributed by atoms with E-state index in [1.165, 1.54) is 17.5 Å². The first-order valence-electron chi connectivity index (χ1n) is 5.39. The first-order chi connectivity index (χ1) is 8.99. The second-order valence-corrected chi connectivity index (χ2v) is 5.75. The molecule has 2 N–H and O–H groups in total. The highest BCUT2D eigenvalue weighted by Gasteiger charge is 2.18. The maximum atomic E-state index is 12.0. The zero-order chi connectivity index (χ0) is 14.0. The number of aryl methyl sites for hydroxylation is 1. The Morgan fingerprint density at radius 1 is 1.42 bits per heavy atom. The molecule has 0 radical (unpaired) electrons. The number of aromatic carboxylic acids is 1. The van der Waals surface area contributed by atoms with Crippen LogP contribution in [0.1, 0.15) is 43.0 Å². The summed E-state index contributed by atoms with van der Waals surface area (Å²) in [5.74, 6) is -1.24. The molecule has 100 valence electrons. The highest BCUT2D eigenvalue weighted by molar-refractivity contribution is 7.13. The molecule has 0 saturated heterocycles. The van der Waals surface area contributed by atoms with Crippen LogP contribution in [0.5, 0.6) is 0 Å². The predicted octanol–water partition coefficient (Wildman–Crippen LogP) is 2.10. The highest BCUT2D eigenvalue weighted by Crippen LogP contribution is 2.21. The third kappa shape index (κ3) is 2.96. The summed E-state index contributed by atoms with van der Waals surface area (Å²) in [4.78, 5) is 31.5. The van der Waals surface area contributed by atoms with Gasteiger partial charge in [-0.2, -0.15) is 0 Å². The van der Waals surface area contributed by atoms with Crippen molar-refractivity contribution in [2.75, 3.05) is 0 Å². The molecular weight excluding hydrogens is 286 g/mol. The van der Waals surface area contributed by atoms with Crippen LogP contribution in [0.4, 0.5) is 0 Å². The first kappa shape index (κ1) is 13.6. The van der Waals surface area contributed by atoms with E-state index < -0.39 is 5.97 Å².